The van der Waals surface area contributed by atoms with Crippen LogP contribution in [-0.2, 0) is 29.5 Å². The van der Waals surface area contributed by atoms with Crippen molar-refractivity contribution in [3.63, 3.8) is 0 Å². The number of phosphoric acid groups is 1. The Morgan fingerprint density at radius 3 is 2.00 bits per heavy atom. The molecule has 9 heteroatoms. The number of hydrogen-bond donors (Lipinski definition) is 0. The molecule has 0 bridgehead atoms. The summed E-state index contributed by atoms with van der Waals surface area (Å²) in [4.78, 5) is 16.1. The summed E-state index contributed by atoms with van der Waals surface area (Å²) >= 11 is 0. The van der Waals surface area contributed by atoms with Gasteiger partial charge in [-0.05, 0) is 47.1 Å². The lowest BCUT2D eigenvalue weighted by Gasteiger charge is -2.35. The molecule has 1 saturated heterocycles. The number of rotatable bonds is 8. The maximum Gasteiger partial charge on any atom is 0.475 e. The molecule has 1 aromatic carbocycles. The molecular formula is C22H37N2O6P. The molecule has 1 aromatic rings. The molecule has 0 atom stereocenters. The second-order valence-electron chi connectivity index (χ2n) is 9.56. The van der Waals surface area contributed by atoms with Gasteiger partial charge in [0.1, 0.15) is 6.61 Å². The predicted molar refractivity (Wildman–Crippen MR) is 120 cm³/mol. The first-order valence-corrected chi connectivity index (χ1v) is 12.2. The number of piperazine rings is 1. The summed E-state index contributed by atoms with van der Waals surface area (Å²) in [6, 6.07) is 9.62. The summed E-state index contributed by atoms with van der Waals surface area (Å²) in [5, 5.41) is 0. The highest BCUT2D eigenvalue weighted by atomic mass is 31.2. The van der Waals surface area contributed by atoms with Crippen molar-refractivity contribution in [1.82, 2.24) is 9.80 Å². The zero-order chi connectivity index (χ0) is 23.1. The van der Waals surface area contributed by atoms with Gasteiger partial charge in [0.15, 0.2) is 0 Å². The number of hydrogen-bond acceptors (Lipinski definition) is 7. The summed E-state index contributed by atoms with van der Waals surface area (Å²) in [7, 11) is -3.71. The summed E-state index contributed by atoms with van der Waals surface area (Å²) in [6.07, 6.45) is -0.304. The van der Waals surface area contributed by atoms with Crippen LogP contribution in [0.25, 0.3) is 0 Å². The number of carbonyl (C=O) groups is 1. The quantitative estimate of drug-likeness (QED) is 0.525. The molecule has 1 fully saturated rings. The van der Waals surface area contributed by atoms with E-state index in [1.165, 1.54) is 0 Å². The molecule has 0 N–H and O–H groups in total. The fourth-order valence-corrected chi connectivity index (χ4v) is 4.78. The van der Waals surface area contributed by atoms with Crippen molar-refractivity contribution in [2.75, 3.05) is 39.3 Å². The van der Waals surface area contributed by atoms with Gasteiger partial charge in [-0.2, -0.15) is 0 Å². The summed E-state index contributed by atoms with van der Waals surface area (Å²) in [5.74, 6) is 0. The Bertz CT molecular complexity index is 717. The molecule has 2 rings (SSSR count). The molecule has 0 saturated carbocycles. The maximum atomic E-state index is 13.1. The molecule has 0 aliphatic carbocycles. The third-order valence-electron chi connectivity index (χ3n) is 4.26. The SMILES string of the molecule is CC(C)(C)OP(=O)(OCCN1CCN(C(=O)OCc2ccccc2)CC1)OC(C)(C)C. The molecule has 0 radical (unpaired) electrons. The lowest BCUT2D eigenvalue weighted by molar-refractivity contribution is -0.000275. The number of phosphoric ester groups is 1. The highest BCUT2D eigenvalue weighted by Crippen LogP contribution is 2.55. The largest absolute Gasteiger partial charge is 0.475 e. The van der Waals surface area contributed by atoms with Gasteiger partial charge >= 0.3 is 13.9 Å². The lowest BCUT2D eigenvalue weighted by atomic mass is 10.2. The van der Waals surface area contributed by atoms with Gasteiger partial charge < -0.3 is 9.64 Å². The van der Waals surface area contributed by atoms with Gasteiger partial charge in [-0.15, -0.1) is 0 Å². The first kappa shape index (κ1) is 25.8. The second-order valence-corrected chi connectivity index (χ2v) is 11.1. The normalized spacial score (nSPS) is 16.4. The molecule has 31 heavy (non-hydrogen) atoms. The Labute approximate surface area is 186 Å². The Morgan fingerprint density at radius 1 is 0.935 bits per heavy atom. The van der Waals surface area contributed by atoms with Gasteiger partial charge in [-0.1, -0.05) is 30.3 Å². The molecule has 8 nitrogen and oxygen atoms in total. The molecule has 176 valence electrons. The Kier molecular flexibility index (Phi) is 9.10. The summed E-state index contributed by atoms with van der Waals surface area (Å²) < 4.78 is 35.3. The second kappa shape index (κ2) is 10.9. The standard InChI is InChI=1S/C22H37N2O6P/c1-21(2,3)29-31(26,30-22(4,5)6)28-17-16-23-12-14-24(15-13-23)20(25)27-18-19-10-8-7-9-11-19/h7-11H,12-18H2,1-6H3. The van der Waals surface area contributed by atoms with E-state index in [0.29, 0.717) is 32.7 Å². The zero-order valence-electron chi connectivity index (χ0n) is 19.6. The van der Waals surface area contributed by atoms with Gasteiger partial charge in [0.2, 0.25) is 0 Å². The molecular weight excluding hydrogens is 419 g/mol. The van der Waals surface area contributed by atoms with Crippen LogP contribution in [0, 0.1) is 0 Å². The minimum atomic E-state index is -3.71. The Balaban J connectivity index is 1.75. The lowest BCUT2D eigenvalue weighted by Crippen LogP contribution is -2.49. The molecule has 0 spiro atoms. The van der Waals surface area contributed by atoms with E-state index in [0.717, 1.165) is 5.56 Å². The molecule has 0 unspecified atom stereocenters. The fraction of sp³-hybridized carbons (Fsp3) is 0.682. The molecule has 0 aromatic heterocycles. The maximum absolute atomic E-state index is 13.1. The van der Waals surface area contributed by atoms with E-state index in [-0.39, 0.29) is 19.3 Å². The number of carbonyl (C=O) groups excluding carboxylic acids is 1. The van der Waals surface area contributed by atoms with E-state index in [2.05, 4.69) is 4.90 Å². The van der Waals surface area contributed by atoms with Gasteiger partial charge in [0.25, 0.3) is 0 Å². The average molecular weight is 457 g/mol. The van der Waals surface area contributed by atoms with Crippen LogP contribution in [0.1, 0.15) is 47.1 Å². The van der Waals surface area contributed by atoms with Crippen molar-refractivity contribution in [2.24, 2.45) is 0 Å². The monoisotopic (exact) mass is 456 g/mol. The summed E-state index contributed by atoms with van der Waals surface area (Å²) in [6.45, 7) is 14.4. The minimum absolute atomic E-state index is 0.210. The summed E-state index contributed by atoms with van der Waals surface area (Å²) in [5.41, 5.74) is -0.357. The minimum Gasteiger partial charge on any atom is -0.445 e. The third-order valence-corrected chi connectivity index (χ3v) is 6.31. The predicted octanol–water partition coefficient (Wildman–Crippen LogP) is 4.70. The highest BCUT2D eigenvalue weighted by molar-refractivity contribution is 7.48. The fourth-order valence-electron chi connectivity index (χ4n) is 2.99. The van der Waals surface area contributed by atoms with Crippen molar-refractivity contribution < 1.29 is 27.7 Å². The van der Waals surface area contributed by atoms with Crippen LogP contribution in [0.2, 0.25) is 0 Å². The van der Waals surface area contributed by atoms with Crippen LogP contribution in [0.15, 0.2) is 30.3 Å². The van der Waals surface area contributed by atoms with E-state index in [4.69, 9.17) is 18.3 Å². The molecule has 1 heterocycles. The van der Waals surface area contributed by atoms with Crippen LogP contribution in [0.3, 0.4) is 0 Å². The number of ether oxygens (including phenoxy) is 1. The zero-order valence-corrected chi connectivity index (χ0v) is 20.5. The van der Waals surface area contributed by atoms with E-state index >= 15 is 0 Å². The Hall–Kier alpha value is -1.44. The molecule has 1 aliphatic heterocycles. The van der Waals surface area contributed by atoms with Crippen molar-refractivity contribution in [3.8, 4) is 0 Å². The van der Waals surface area contributed by atoms with Gasteiger partial charge in [-0.25, -0.2) is 9.36 Å². The number of benzene rings is 1. The van der Waals surface area contributed by atoms with E-state index in [9.17, 15) is 9.36 Å². The Morgan fingerprint density at radius 2 is 1.48 bits per heavy atom. The topological polar surface area (TPSA) is 77.5 Å². The van der Waals surface area contributed by atoms with Crippen molar-refractivity contribution in [3.05, 3.63) is 35.9 Å². The van der Waals surface area contributed by atoms with E-state index in [1.807, 2.05) is 71.9 Å². The highest BCUT2D eigenvalue weighted by Gasteiger charge is 2.37. The van der Waals surface area contributed by atoms with Gasteiger partial charge in [0.05, 0.1) is 17.8 Å². The van der Waals surface area contributed by atoms with Crippen molar-refractivity contribution in [2.45, 2.75) is 59.4 Å². The van der Waals surface area contributed by atoms with E-state index < -0.39 is 19.0 Å². The van der Waals surface area contributed by atoms with Crippen LogP contribution in [0.4, 0.5) is 4.79 Å². The van der Waals surface area contributed by atoms with Crippen LogP contribution >= 0.6 is 7.82 Å². The first-order chi connectivity index (χ1) is 14.4. The van der Waals surface area contributed by atoms with Crippen LogP contribution in [-0.4, -0.2) is 66.4 Å². The number of amides is 1. The molecule has 1 amide bonds. The van der Waals surface area contributed by atoms with E-state index in [1.54, 1.807) is 4.90 Å². The van der Waals surface area contributed by atoms with Gasteiger partial charge in [0, 0.05) is 32.7 Å². The van der Waals surface area contributed by atoms with Crippen LogP contribution < -0.4 is 0 Å². The van der Waals surface area contributed by atoms with Crippen LogP contribution in [0.5, 0.6) is 0 Å². The molecule has 1 aliphatic rings. The van der Waals surface area contributed by atoms with Crippen molar-refractivity contribution >= 4 is 13.9 Å². The first-order valence-electron chi connectivity index (χ1n) is 10.7. The smallest absolute Gasteiger partial charge is 0.445 e. The number of nitrogens with zero attached hydrogens (tertiary/aromatic N) is 2. The third kappa shape index (κ3) is 10.1. The van der Waals surface area contributed by atoms with Gasteiger partial charge in [-0.3, -0.25) is 18.5 Å². The van der Waals surface area contributed by atoms with Crippen molar-refractivity contribution in [1.29, 1.82) is 0 Å². The average Bonchev–Trinajstić information content (AvgIpc) is 2.64.